The summed E-state index contributed by atoms with van der Waals surface area (Å²) in [5.41, 5.74) is 2.36. The summed E-state index contributed by atoms with van der Waals surface area (Å²) in [6.45, 7) is 4.06. The molecule has 1 amide bonds. The molecule has 1 aliphatic rings. The molecule has 1 aliphatic carbocycles. The molecule has 1 fully saturated rings. The van der Waals surface area contributed by atoms with E-state index in [0.717, 1.165) is 18.4 Å². The van der Waals surface area contributed by atoms with Crippen LogP contribution < -0.4 is 14.8 Å². The molecule has 1 N–H and O–H groups in total. The van der Waals surface area contributed by atoms with Crippen LogP contribution in [0.2, 0.25) is 0 Å². The molecule has 0 saturated heterocycles. The van der Waals surface area contributed by atoms with Crippen molar-refractivity contribution in [3.8, 4) is 22.8 Å². The van der Waals surface area contributed by atoms with Crippen LogP contribution in [0.4, 0.5) is 0 Å². The van der Waals surface area contributed by atoms with Crippen molar-refractivity contribution in [3.63, 3.8) is 0 Å². The molecule has 7 heteroatoms. The topological polar surface area (TPSA) is 86.8 Å². The third-order valence-electron chi connectivity index (χ3n) is 7.00. The highest BCUT2D eigenvalue weighted by Crippen LogP contribution is 2.33. The zero-order chi connectivity index (χ0) is 24.9. The van der Waals surface area contributed by atoms with Gasteiger partial charge in [0, 0.05) is 17.0 Å². The van der Waals surface area contributed by atoms with Gasteiger partial charge in [-0.2, -0.15) is 0 Å². The number of rotatable bonds is 7. The van der Waals surface area contributed by atoms with Crippen molar-refractivity contribution < 1.29 is 23.8 Å². The highest BCUT2D eigenvalue weighted by molar-refractivity contribution is 6.05. The monoisotopic (exact) mass is 476 g/mol. The summed E-state index contributed by atoms with van der Waals surface area (Å²) in [5, 5.41) is 3.71. The van der Waals surface area contributed by atoms with Gasteiger partial charge in [0.25, 0.3) is 5.91 Å². The van der Waals surface area contributed by atoms with Crippen LogP contribution in [0.25, 0.3) is 22.2 Å². The smallest absolute Gasteiger partial charge is 0.339 e. The Hall–Kier alpha value is -3.61. The maximum absolute atomic E-state index is 13.1. The second-order valence-electron chi connectivity index (χ2n) is 9.16. The number of carbonyl (C=O) groups is 2. The van der Waals surface area contributed by atoms with Gasteiger partial charge in [-0.3, -0.25) is 4.79 Å². The van der Waals surface area contributed by atoms with Crippen LogP contribution in [0.15, 0.2) is 48.5 Å². The van der Waals surface area contributed by atoms with Crippen molar-refractivity contribution in [2.75, 3.05) is 20.8 Å². The SMILES string of the molecule is COc1ccc(-c2cc(C(=O)OCC(=O)N[C@H]3CCC[C@H](C)[C@H]3C)c3ccccc3n2)cc1OC. The Morgan fingerprint density at radius 2 is 1.77 bits per heavy atom. The first-order chi connectivity index (χ1) is 16.9. The lowest BCUT2D eigenvalue weighted by Gasteiger charge is -2.34. The third-order valence-corrected chi connectivity index (χ3v) is 7.00. The molecule has 1 saturated carbocycles. The number of hydrogen-bond acceptors (Lipinski definition) is 6. The predicted molar refractivity (Wildman–Crippen MR) is 135 cm³/mol. The zero-order valence-electron chi connectivity index (χ0n) is 20.7. The number of benzene rings is 2. The Morgan fingerprint density at radius 1 is 1.00 bits per heavy atom. The van der Waals surface area contributed by atoms with E-state index in [0.29, 0.717) is 45.5 Å². The van der Waals surface area contributed by atoms with E-state index >= 15 is 0 Å². The van der Waals surface area contributed by atoms with E-state index in [1.807, 2.05) is 36.4 Å². The molecule has 0 bridgehead atoms. The van der Waals surface area contributed by atoms with E-state index in [1.165, 1.54) is 6.42 Å². The molecule has 35 heavy (non-hydrogen) atoms. The molecule has 4 rings (SSSR count). The second kappa shape index (κ2) is 10.8. The predicted octanol–water partition coefficient (Wildman–Crippen LogP) is 5.02. The highest BCUT2D eigenvalue weighted by atomic mass is 16.5. The fraction of sp³-hybridized carbons (Fsp3) is 0.393. The van der Waals surface area contributed by atoms with E-state index in [2.05, 4.69) is 19.2 Å². The largest absolute Gasteiger partial charge is 0.493 e. The Balaban J connectivity index is 1.55. The lowest BCUT2D eigenvalue weighted by molar-refractivity contribution is -0.125. The summed E-state index contributed by atoms with van der Waals surface area (Å²) >= 11 is 0. The van der Waals surface area contributed by atoms with Gasteiger partial charge in [0.05, 0.1) is 31.0 Å². The number of nitrogens with one attached hydrogen (secondary N) is 1. The van der Waals surface area contributed by atoms with E-state index in [-0.39, 0.29) is 18.6 Å². The minimum Gasteiger partial charge on any atom is -0.493 e. The van der Waals surface area contributed by atoms with E-state index < -0.39 is 5.97 Å². The number of nitrogens with zero attached hydrogens (tertiary/aromatic N) is 1. The van der Waals surface area contributed by atoms with Gasteiger partial charge in [-0.15, -0.1) is 0 Å². The van der Waals surface area contributed by atoms with Crippen LogP contribution in [-0.4, -0.2) is 43.7 Å². The fourth-order valence-corrected chi connectivity index (χ4v) is 4.73. The first-order valence-corrected chi connectivity index (χ1v) is 12.0. The zero-order valence-corrected chi connectivity index (χ0v) is 20.7. The van der Waals surface area contributed by atoms with Crippen molar-refractivity contribution in [2.45, 2.75) is 39.2 Å². The molecule has 0 radical (unpaired) electrons. The number of pyridine rings is 1. The molecule has 7 nitrogen and oxygen atoms in total. The number of carbonyl (C=O) groups excluding carboxylic acids is 2. The Bertz CT molecular complexity index is 1230. The molecule has 2 aromatic carbocycles. The number of ether oxygens (including phenoxy) is 3. The normalized spacial score (nSPS) is 19.7. The summed E-state index contributed by atoms with van der Waals surface area (Å²) in [6.07, 6.45) is 3.23. The maximum atomic E-state index is 13.1. The van der Waals surface area contributed by atoms with Crippen LogP contribution in [0, 0.1) is 11.8 Å². The standard InChI is InChI=1S/C28H32N2O5/c1-17-8-7-11-22(18(17)2)30-27(31)16-35-28(32)21-15-24(29-23-10-6-5-9-20(21)23)19-12-13-25(33-3)26(14-19)34-4/h5-6,9-10,12-15,17-18,22H,7-8,11,16H2,1-4H3,(H,30,31)/t17-,18+,22-/m0/s1. The van der Waals surface area contributed by atoms with Crippen LogP contribution in [-0.2, 0) is 9.53 Å². The molecule has 0 unspecified atom stereocenters. The number of fused-ring (bicyclic) bond motifs is 1. The first-order valence-electron chi connectivity index (χ1n) is 12.0. The molecule has 3 aromatic rings. The van der Waals surface area contributed by atoms with Crippen LogP contribution in [0.3, 0.4) is 0 Å². The van der Waals surface area contributed by atoms with Gasteiger partial charge in [-0.25, -0.2) is 9.78 Å². The van der Waals surface area contributed by atoms with Crippen molar-refractivity contribution in [3.05, 3.63) is 54.1 Å². The molecular formula is C28H32N2O5. The average Bonchev–Trinajstić information content (AvgIpc) is 2.88. The lowest BCUT2D eigenvalue weighted by Crippen LogP contribution is -2.45. The van der Waals surface area contributed by atoms with Gasteiger partial charge in [0.15, 0.2) is 18.1 Å². The van der Waals surface area contributed by atoms with Crippen molar-refractivity contribution in [1.29, 1.82) is 0 Å². The van der Waals surface area contributed by atoms with Gasteiger partial charge in [-0.1, -0.05) is 44.9 Å². The quantitative estimate of drug-likeness (QED) is 0.482. The Labute approximate surface area is 205 Å². The van der Waals surface area contributed by atoms with Crippen LogP contribution in [0.5, 0.6) is 11.5 Å². The maximum Gasteiger partial charge on any atom is 0.339 e. The van der Waals surface area contributed by atoms with Gasteiger partial charge in [0.1, 0.15) is 0 Å². The second-order valence-corrected chi connectivity index (χ2v) is 9.16. The Kier molecular flexibility index (Phi) is 7.54. The first kappa shape index (κ1) is 24.5. The molecule has 1 aromatic heterocycles. The van der Waals surface area contributed by atoms with Gasteiger partial charge in [0.2, 0.25) is 0 Å². The lowest BCUT2D eigenvalue weighted by atomic mass is 9.78. The summed E-state index contributed by atoms with van der Waals surface area (Å²) in [4.78, 5) is 30.4. The molecule has 184 valence electrons. The number of para-hydroxylation sites is 1. The van der Waals surface area contributed by atoms with Crippen molar-refractivity contribution in [2.24, 2.45) is 11.8 Å². The average molecular weight is 477 g/mol. The number of hydrogen-bond donors (Lipinski definition) is 1. The highest BCUT2D eigenvalue weighted by Gasteiger charge is 2.28. The minimum absolute atomic E-state index is 0.114. The number of esters is 1. The summed E-state index contributed by atoms with van der Waals surface area (Å²) < 4.78 is 16.2. The van der Waals surface area contributed by atoms with E-state index in [4.69, 9.17) is 19.2 Å². The summed E-state index contributed by atoms with van der Waals surface area (Å²) in [6, 6.07) is 14.6. The van der Waals surface area contributed by atoms with E-state index in [1.54, 1.807) is 26.4 Å². The molecular weight excluding hydrogens is 444 g/mol. The molecule has 0 spiro atoms. The minimum atomic E-state index is -0.564. The number of aromatic nitrogens is 1. The van der Waals surface area contributed by atoms with E-state index in [9.17, 15) is 9.59 Å². The molecule has 1 heterocycles. The van der Waals surface area contributed by atoms with Gasteiger partial charge in [-0.05, 0) is 48.6 Å². The summed E-state index contributed by atoms with van der Waals surface area (Å²) in [7, 11) is 3.14. The summed E-state index contributed by atoms with van der Waals surface area (Å²) in [5.74, 6) is 1.29. The van der Waals surface area contributed by atoms with Gasteiger partial charge >= 0.3 is 5.97 Å². The molecule has 3 atom stereocenters. The fourth-order valence-electron chi connectivity index (χ4n) is 4.73. The number of amides is 1. The van der Waals surface area contributed by atoms with Crippen molar-refractivity contribution in [1.82, 2.24) is 10.3 Å². The third kappa shape index (κ3) is 5.39. The van der Waals surface area contributed by atoms with Crippen molar-refractivity contribution >= 4 is 22.8 Å². The van der Waals surface area contributed by atoms with Crippen LogP contribution in [0.1, 0.15) is 43.5 Å². The Morgan fingerprint density at radius 3 is 2.54 bits per heavy atom. The van der Waals surface area contributed by atoms with Crippen LogP contribution >= 0.6 is 0 Å². The van der Waals surface area contributed by atoms with Gasteiger partial charge < -0.3 is 19.5 Å². The molecule has 0 aliphatic heterocycles. The number of methoxy groups -OCH3 is 2.